The Kier molecular flexibility index (Phi) is 6.75. The van der Waals surface area contributed by atoms with E-state index in [-0.39, 0.29) is 6.17 Å². The van der Waals surface area contributed by atoms with Crippen molar-refractivity contribution < 1.29 is 24.0 Å². The third-order valence-electron chi connectivity index (χ3n) is 6.18. The highest BCUT2D eigenvalue weighted by Crippen LogP contribution is 2.41. The number of nitrogens with one attached hydrogen (secondary N) is 2. The van der Waals surface area contributed by atoms with Crippen LogP contribution in [-0.4, -0.2) is 34.4 Å². The molecule has 5 nitrogen and oxygen atoms in total. The van der Waals surface area contributed by atoms with Crippen LogP contribution in [0.15, 0.2) is 72.8 Å². The molecule has 2 N–H and O–H groups in total. The average Bonchev–Trinajstić information content (AvgIpc) is 3.20. The molecule has 2 unspecified atom stereocenters. The van der Waals surface area contributed by atoms with E-state index >= 15 is 0 Å². The van der Waals surface area contributed by atoms with Crippen LogP contribution in [0.2, 0.25) is 0 Å². The minimum absolute atomic E-state index is 0.232. The molecular formula is C26H32N2O3+2. The molecule has 5 heteroatoms. The van der Waals surface area contributed by atoms with Gasteiger partial charge >= 0.3 is 0 Å². The molecule has 1 saturated heterocycles. The van der Waals surface area contributed by atoms with Crippen molar-refractivity contribution in [3.63, 3.8) is 0 Å². The Morgan fingerprint density at radius 2 is 1.16 bits per heavy atom. The molecule has 4 rings (SSSR count). The largest absolute Gasteiger partial charge is 0.493 e. The summed E-state index contributed by atoms with van der Waals surface area (Å²) in [4.78, 5) is 3.06. The van der Waals surface area contributed by atoms with E-state index < -0.39 is 0 Å². The molecular weight excluding hydrogens is 388 g/mol. The van der Waals surface area contributed by atoms with Gasteiger partial charge in [0.25, 0.3) is 0 Å². The molecule has 0 aromatic heterocycles. The van der Waals surface area contributed by atoms with E-state index in [9.17, 15) is 0 Å². The van der Waals surface area contributed by atoms with Crippen LogP contribution in [-0.2, 0) is 13.1 Å². The number of quaternary nitrogens is 2. The summed E-state index contributed by atoms with van der Waals surface area (Å²) in [5, 5.41) is 0. The molecule has 0 radical (unpaired) electrons. The van der Waals surface area contributed by atoms with E-state index in [4.69, 9.17) is 14.2 Å². The Hall–Kier alpha value is -3.02. The predicted molar refractivity (Wildman–Crippen MR) is 121 cm³/mol. The Morgan fingerprint density at radius 1 is 0.645 bits per heavy atom. The Morgan fingerprint density at radius 3 is 1.61 bits per heavy atom. The van der Waals surface area contributed by atoms with Crippen molar-refractivity contribution in [3.8, 4) is 17.2 Å². The van der Waals surface area contributed by atoms with Crippen molar-refractivity contribution in [1.82, 2.24) is 0 Å². The first-order valence-electron chi connectivity index (χ1n) is 10.8. The number of benzene rings is 3. The third-order valence-corrected chi connectivity index (χ3v) is 6.18. The predicted octanol–water partition coefficient (Wildman–Crippen LogP) is 1.89. The van der Waals surface area contributed by atoms with Gasteiger partial charge in [0, 0.05) is 11.1 Å². The quantitative estimate of drug-likeness (QED) is 0.585. The SMILES string of the molecule is COc1ccc(C2[NH+](Cc3ccccc3)CC[NH+]2Cc2ccccc2)c(OC)c1OC. The zero-order valence-electron chi connectivity index (χ0n) is 18.6. The van der Waals surface area contributed by atoms with Gasteiger partial charge in [0.15, 0.2) is 11.5 Å². The molecule has 1 heterocycles. The summed E-state index contributed by atoms with van der Waals surface area (Å²) < 4.78 is 17.1. The number of ether oxygens (including phenoxy) is 3. The minimum atomic E-state index is 0.232. The standard InChI is InChI=1S/C26H30N2O3/c1-29-23-15-14-22(24(30-2)25(23)31-3)26-27(18-20-10-6-4-7-11-20)16-17-28(26)19-21-12-8-5-9-13-21/h4-15,26H,16-19H2,1-3H3/p+2. The van der Waals surface area contributed by atoms with Crippen molar-refractivity contribution in [2.75, 3.05) is 34.4 Å². The second-order valence-corrected chi connectivity index (χ2v) is 8.00. The normalized spacial score (nSPS) is 20.4. The molecule has 0 saturated carbocycles. The van der Waals surface area contributed by atoms with Crippen LogP contribution in [0.25, 0.3) is 0 Å². The van der Waals surface area contributed by atoms with Crippen molar-refractivity contribution in [3.05, 3.63) is 89.5 Å². The summed E-state index contributed by atoms with van der Waals surface area (Å²) in [6.07, 6.45) is 0.232. The summed E-state index contributed by atoms with van der Waals surface area (Å²) in [5.41, 5.74) is 3.86. The number of hydrogen-bond donors (Lipinski definition) is 2. The van der Waals surface area contributed by atoms with E-state index in [0.717, 1.165) is 37.5 Å². The number of rotatable bonds is 8. The third kappa shape index (κ3) is 4.53. The zero-order chi connectivity index (χ0) is 21.6. The van der Waals surface area contributed by atoms with E-state index in [1.807, 2.05) is 6.07 Å². The van der Waals surface area contributed by atoms with Gasteiger partial charge < -0.3 is 14.2 Å². The lowest BCUT2D eigenvalue weighted by Crippen LogP contribution is -3.22. The van der Waals surface area contributed by atoms with Gasteiger partial charge in [0.05, 0.1) is 21.3 Å². The molecule has 3 aromatic rings. The van der Waals surface area contributed by atoms with Crippen LogP contribution in [0.1, 0.15) is 22.9 Å². The second-order valence-electron chi connectivity index (χ2n) is 8.00. The highest BCUT2D eigenvalue weighted by atomic mass is 16.5. The summed E-state index contributed by atoms with van der Waals surface area (Å²) in [5.74, 6) is 2.12. The zero-order valence-corrected chi connectivity index (χ0v) is 18.6. The molecule has 1 fully saturated rings. The highest BCUT2D eigenvalue weighted by molar-refractivity contribution is 5.56. The molecule has 1 aliphatic rings. The van der Waals surface area contributed by atoms with Crippen molar-refractivity contribution >= 4 is 0 Å². The lowest BCUT2D eigenvalue weighted by atomic mass is 10.1. The highest BCUT2D eigenvalue weighted by Gasteiger charge is 2.43. The molecule has 3 aromatic carbocycles. The molecule has 0 aliphatic carbocycles. The Bertz CT molecular complexity index is 929. The van der Waals surface area contributed by atoms with Crippen molar-refractivity contribution in [2.24, 2.45) is 0 Å². The number of methoxy groups -OCH3 is 3. The van der Waals surface area contributed by atoms with E-state index in [1.165, 1.54) is 20.9 Å². The molecule has 31 heavy (non-hydrogen) atoms. The summed E-state index contributed by atoms with van der Waals surface area (Å²) in [6.45, 7) is 4.14. The lowest BCUT2D eigenvalue weighted by Gasteiger charge is -2.27. The summed E-state index contributed by atoms with van der Waals surface area (Å²) >= 11 is 0. The molecule has 1 aliphatic heterocycles. The first kappa shape index (κ1) is 21.2. The van der Waals surface area contributed by atoms with Crippen LogP contribution in [0.5, 0.6) is 17.2 Å². The smallest absolute Gasteiger partial charge is 0.244 e. The van der Waals surface area contributed by atoms with E-state index in [0.29, 0.717) is 11.5 Å². The summed E-state index contributed by atoms with van der Waals surface area (Å²) in [7, 11) is 5.04. The molecule has 2 atom stereocenters. The van der Waals surface area contributed by atoms with Crippen LogP contribution in [0.4, 0.5) is 0 Å². The topological polar surface area (TPSA) is 36.6 Å². The second kappa shape index (κ2) is 9.86. The molecule has 0 amide bonds. The first-order valence-corrected chi connectivity index (χ1v) is 10.8. The fraction of sp³-hybridized carbons (Fsp3) is 0.308. The van der Waals surface area contributed by atoms with Crippen LogP contribution >= 0.6 is 0 Å². The molecule has 162 valence electrons. The first-order chi connectivity index (χ1) is 15.2. The average molecular weight is 421 g/mol. The van der Waals surface area contributed by atoms with Crippen molar-refractivity contribution in [2.45, 2.75) is 19.3 Å². The fourth-order valence-electron chi connectivity index (χ4n) is 4.79. The van der Waals surface area contributed by atoms with Gasteiger partial charge in [-0.2, -0.15) is 0 Å². The fourth-order valence-corrected chi connectivity index (χ4v) is 4.79. The van der Waals surface area contributed by atoms with Crippen molar-refractivity contribution in [1.29, 1.82) is 0 Å². The monoisotopic (exact) mass is 420 g/mol. The maximum Gasteiger partial charge on any atom is 0.244 e. The van der Waals surface area contributed by atoms with Gasteiger partial charge in [-0.25, -0.2) is 0 Å². The van der Waals surface area contributed by atoms with Crippen LogP contribution < -0.4 is 24.0 Å². The van der Waals surface area contributed by atoms with Gasteiger partial charge in [-0.1, -0.05) is 60.7 Å². The Labute approximate surface area is 184 Å². The van der Waals surface area contributed by atoms with Gasteiger partial charge in [-0.3, -0.25) is 9.80 Å². The summed E-state index contributed by atoms with van der Waals surface area (Å²) in [6, 6.07) is 25.6. The minimum Gasteiger partial charge on any atom is -0.493 e. The van der Waals surface area contributed by atoms with Gasteiger partial charge in [-0.05, 0) is 12.1 Å². The maximum atomic E-state index is 5.89. The molecule has 0 spiro atoms. The lowest BCUT2D eigenvalue weighted by molar-refractivity contribution is -1.09. The van der Waals surface area contributed by atoms with Gasteiger partial charge in [-0.15, -0.1) is 0 Å². The number of hydrogen-bond acceptors (Lipinski definition) is 3. The van der Waals surface area contributed by atoms with Crippen LogP contribution in [0.3, 0.4) is 0 Å². The van der Waals surface area contributed by atoms with E-state index in [2.05, 4.69) is 66.7 Å². The molecule has 0 bridgehead atoms. The van der Waals surface area contributed by atoms with E-state index in [1.54, 1.807) is 21.3 Å². The maximum absolute atomic E-state index is 5.89. The van der Waals surface area contributed by atoms with Gasteiger partial charge in [0.1, 0.15) is 31.7 Å². The van der Waals surface area contributed by atoms with Gasteiger partial charge in [0.2, 0.25) is 11.9 Å². The van der Waals surface area contributed by atoms with Crippen LogP contribution in [0, 0.1) is 0 Å². The Balaban J connectivity index is 1.73.